The molecule has 0 amide bonds. The molecule has 0 N–H and O–H groups in total. The van der Waals surface area contributed by atoms with Crippen LogP contribution in [0.2, 0.25) is 0 Å². The van der Waals surface area contributed by atoms with Crippen molar-refractivity contribution in [3.8, 4) is 6.07 Å². The standard InChI is InChI=1S/C13H17N5/c1-17-4-6-18(7-5-17)13-15-11(9-14)8-12(16-13)10-2-3-10/h8,10H,2-7H2,1H3. The molecule has 1 aliphatic carbocycles. The van der Waals surface area contributed by atoms with Gasteiger partial charge in [0.2, 0.25) is 5.95 Å². The average Bonchev–Trinajstić information content (AvgIpc) is 3.23. The number of aromatic nitrogens is 2. The van der Waals surface area contributed by atoms with E-state index in [1.54, 1.807) is 0 Å². The smallest absolute Gasteiger partial charge is 0.226 e. The first-order valence-corrected chi connectivity index (χ1v) is 6.49. The van der Waals surface area contributed by atoms with Crippen molar-refractivity contribution in [2.24, 2.45) is 0 Å². The molecule has 1 aromatic rings. The van der Waals surface area contributed by atoms with Crippen LogP contribution in [0.1, 0.15) is 30.1 Å². The fourth-order valence-corrected chi connectivity index (χ4v) is 2.25. The first-order chi connectivity index (χ1) is 8.76. The van der Waals surface area contributed by atoms with Gasteiger partial charge in [0.15, 0.2) is 0 Å². The molecular weight excluding hydrogens is 226 g/mol. The summed E-state index contributed by atoms with van der Waals surface area (Å²) < 4.78 is 0. The normalized spacial score (nSPS) is 20.8. The third-order valence-corrected chi connectivity index (χ3v) is 3.63. The maximum atomic E-state index is 9.06. The maximum absolute atomic E-state index is 9.06. The van der Waals surface area contributed by atoms with Crippen molar-refractivity contribution in [3.05, 3.63) is 17.5 Å². The Morgan fingerprint density at radius 2 is 1.94 bits per heavy atom. The lowest BCUT2D eigenvalue weighted by atomic mass is 10.2. The summed E-state index contributed by atoms with van der Waals surface area (Å²) >= 11 is 0. The monoisotopic (exact) mass is 243 g/mol. The van der Waals surface area contributed by atoms with E-state index in [0.29, 0.717) is 11.6 Å². The van der Waals surface area contributed by atoms with Crippen LogP contribution in [-0.2, 0) is 0 Å². The second-order valence-electron chi connectivity index (χ2n) is 5.15. The van der Waals surface area contributed by atoms with Crippen LogP contribution in [0, 0.1) is 11.3 Å². The van der Waals surface area contributed by atoms with Gasteiger partial charge < -0.3 is 9.80 Å². The highest BCUT2D eigenvalue weighted by molar-refractivity contribution is 5.38. The van der Waals surface area contributed by atoms with E-state index in [0.717, 1.165) is 37.8 Å². The molecule has 0 aromatic carbocycles. The van der Waals surface area contributed by atoms with Crippen LogP contribution >= 0.6 is 0 Å². The lowest BCUT2D eigenvalue weighted by Crippen LogP contribution is -2.45. The fourth-order valence-electron chi connectivity index (χ4n) is 2.25. The molecule has 3 rings (SSSR count). The van der Waals surface area contributed by atoms with Gasteiger partial charge >= 0.3 is 0 Å². The molecule has 0 unspecified atom stereocenters. The van der Waals surface area contributed by atoms with Crippen molar-refractivity contribution in [1.82, 2.24) is 14.9 Å². The molecule has 2 fully saturated rings. The Labute approximate surface area is 107 Å². The first kappa shape index (κ1) is 11.4. The van der Waals surface area contributed by atoms with E-state index in [2.05, 4.69) is 32.9 Å². The summed E-state index contributed by atoms with van der Waals surface area (Å²) in [6, 6.07) is 3.99. The topological polar surface area (TPSA) is 56.0 Å². The molecule has 0 atom stereocenters. The highest BCUT2D eigenvalue weighted by Crippen LogP contribution is 2.39. The summed E-state index contributed by atoms with van der Waals surface area (Å²) in [5.41, 5.74) is 1.55. The Hall–Kier alpha value is -1.67. The van der Waals surface area contributed by atoms with Crippen molar-refractivity contribution in [2.75, 3.05) is 38.1 Å². The molecule has 1 aromatic heterocycles. The van der Waals surface area contributed by atoms with Gasteiger partial charge in [-0.2, -0.15) is 5.26 Å². The number of hydrogen-bond acceptors (Lipinski definition) is 5. The minimum Gasteiger partial charge on any atom is -0.338 e. The average molecular weight is 243 g/mol. The zero-order valence-electron chi connectivity index (χ0n) is 10.6. The van der Waals surface area contributed by atoms with Gasteiger partial charge in [0.25, 0.3) is 0 Å². The summed E-state index contributed by atoms with van der Waals surface area (Å²) in [6.07, 6.45) is 2.40. The molecule has 0 spiro atoms. The van der Waals surface area contributed by atoms with Gasteiger partial charge in [0.1, 0.15) is 11.8 Å². The molecule has 94 valence electrons. The van der Waals surface area contributed by atoms with E-state index in [-0.39, 0.29) is 0 Å². The van der Waals surface area contributed by atoms with Gasteiger partial charge in [0, 0.05) is 32.1 Å². The van der Waals surface area contributed by atoms with Crippen molar-refractivity contribution in [3.63, 3.8) is 0 Å². The molecule has 18 heavy (non-hydrogen) atoms. The van der Waals surface area contributed by atoms with Crippen LogP contribution in [0.4, 0.5) is 5.95 Å². The molecular formula is C13H17N5. The van der Waals surface area contributed by atoms with Crippen LogP contribution in [0.15, 0.2) is 6.07 Å². The van der Waals surface area contributed by atoms with Gasteiger partial charge in [0.05, 0.1) is 5.69 Å². The van der Waals surface area contributed by atoms with Crippen LogP contribution in [0.5, 0.6) is 0 Å². The quantitative estimate of drug-likeness (QED) is 0.775. The molecule has 5 nitrogen and oxygen atoms in total. The van der Waals surface area contributed by atoms with Crippen molar-refractivity contribution in [1.29, 1.82) is 5.26 Å². The van der Waals surface area contributed by atoms with Crippen molar-refractivity contribution in [2.45, 2.75) is 18.8 Å². The van der Waals surface area contributed by atoms with Crippen molar-refractivity contribution >= 4 is 5.95 Å². The van der Waals surface area contributed by atoms with E-state index in [9.17, 15) is 0 Å². The lowest BCUT2D eigenvalue weighted by Gasteiger charge is -2.32. The number of likely N-dealkylation sites (N-methyl/N-ethyl adjacent to an activating group) is 1. The highest BCUT2D eigenvalue weighted by Gasteiger charge is 2.27. The molecule has 1 saturated carbocycles. The third kappa shape index (κ3) is 2.29. The van der Waals surface area contributed by atoms with E-state index >= 15 is 0 Å². The third-order valence-electron chi connectivity index (χ3n) is 3.63. The summed E-state index contributed by atoms with van der Waals surface area (Å²) in [5.74, 6) is 1.30. The maximum Gasteiger partial charge on any atom is 0.226 e. The number of piperazine rings is 1. The molecule has 0 bridgehead atoms. The van der Waals surface area contributed by atoms with Crippen LogP contribution in [-0.4, -0.2) is 48.1 Å². The lowest BCUT2D eigenvalue weighted by molar-refractivity contribution is 0.311. The molecule has 2 aliphatic rings. The van der Waals surface area contributed by atoms with E-state index < -0.39 is 0 Å². The molecule has 2 heterocycles. The van der Waals surface area contributed by atoms with Gasteiger partial charge in [-0.3, -0.25) is 0 Å². The van der Waals surface area contributed by atoms with Gasteiger partial charge in [-0.05, 0) is 26.0 Å². The Kier molecular flexibility index (Phi) is 2.88. The largest absolute Gasteiger partial charge is 0.338 e. The molecule has 1 saturated heterocycles. The second-order valence-corrected chi connectivity index (χ2v) is 5.15. The predicted octanol–water partition coefficient (Wildman–Crippen LogP) is 0.977. The molecule has 5 heteroatoms. The number of hydrogen-bond donors (Lipinski definition) is 0. The minimum absolute atomic E-state index is 0.501. The fraction of sp³-hybridized carbons (Fsp3) is 0.615. The number of nitriles is 1. The summed E-state index contributed by atoms with van der Waals surface area (Å²) in [6.45, 7) is 3.93. The Bertz CT molecular complexity index is 481. The van der Waals surface area contributed by atoms with Gasteiger partial charge in [-0.25, -0.2) is 9.97 Å². The Morgan fingerprint density at radius 1 is 1.22 bits per heavy atom. The number of rotatable bonds is 2. The summed E-state index contributed by atoms with van der Waals surface area (Å²) in [5, 5.41) is 9.06. The van der Waals surface area contributed by atoms with Gasteiger partial charge in [-0.1, -0.05) is 0 Å². The minimum atomic E-state index is 0.501. The van der Waals surface area contributed by atoms with Gasteiger partial charge in [-0.15, -0.1) is 0 Å². The van der Waals surface area contributed by atoms with E-state index in [1.165, 1.54) is 12.8 Å². The van der Waals surface area contributed by atoms with Crippen LogP contribution in [0.25, 0.3) is 0 Å². The molecule has 1 aliphatic heterocycles. The number of nitrogens with zero attached hydrogens (tertiary/aromatic N) is 5. The predicted molar refractivity (Wildman–Crippen MR) is 68.4 cm³/mol. The Morgan fingerprint density at radius 3 is 2.56 bits per heavy atom. The molecule has 0 radical (unpaired) electrons. The summed E-state index contributed by atoms with van der Waals surface area (Å²) in [4.78, 5) is 13.5. The SMILES string of the molecule is CN1CCN(c2nc(C#N)cc(C3CC3)n2)CC1. The zero-order chi connectivity index (χ0) is 12.5. The van der Waals surface area contributed by atoms with E-state index in [1.807, 2.05) is 6.07 Å². The second kappa shape index (κ2) is 4.54. The number of anilines is 1. The van der Waals surface area contributed by atoms with Crippen molar-refractivity contribution < 1.29 is 0 Å². The highest BCUT2D eigenvalue weighted by atomic mass is 15.3. The van der Waals surface area contributed by atoms with E-state index in [4.69, 9.17) is 5.26 Å². The zero-order valence-corrected chi connectivity index (χ0v) is 10.6. The first-order valence-electron chi connectivity index (χ1n) is 6.49. The Balaban J connectivity index is 1.86. The summed E-state index contributed by atoms with van der Waals surface area (Å²) in [7, 11) is 2.12. The van der Waals surface area contributed by atoms with Crippen LogP contribution < -0.4 is 4.90 Å². The van der Waals surface area contributed by atoms with Crippen LogP contribution in [0.3, 0.4) is 0 Å².